The van der Waals surface area contributed by atoms with E-state index in [1.165, 1.54) is 0 Å². The average Bonchev–Trinajstić information content (AvgIpc) is 3.14. The number of hydrogen-bond donors (Lipinski definition) is 2. The van der Waals surface area contributed by atoms with Gasteiger partial charge in [-0.25, -0.2) is 0 Å². The minimum absolute atomic E-state index is 0.0840. The van der Waals surface area contributed by atoms with Crippen LogP contribution in [-0.2, 0) is 22.7 Å². The van der Waals surface area contributed by atoms with Gasteiger partial charge in [-0.3, -0.25) is 4.79 Å². The van der Waals surface area contributed by atoms with Crippen LogP contribution in [0.25, 0.3) is 10.9 Å². The smallest absolute Gasteiger partial charge is 0.249 e. The van der Waals surface area contributed by atoms with Gasteiger partial charge in [-0.05, 0) is 19.1 Å². The van der Waals surface area contributed by atoms with Gasteiger partial charge in [0.2, 0.25) is 5.91 Å². The Hall–Kier alpha value is -2.51. The summed E-state index contributed by atoms with van der Waals surface area (Å²) in [6.07, 6.45) is 0.466. The first kappa shape index (κ1) is 16.9. The van der Waals surface area contributed by atoms with E-state index in [9.17, 15) is 4.79 Å². The highest BCUT2D eigenvalue weighted by Crippen LogP contribution is 2.31. The number of aromatic amines is 1. The number of nitrogens with zero attached hydrogens (tertiary/aromatic N) is 1. The van der Waals surface area contributed by atoms with Gasteiger partial charge in [-0.2, -0.15) is 0 Å². The van der Waals surface area contributed by atoms with Gasteiger partial charge >= 0.3 is 0 Å². The molecule has 1 atom stereocenters. The summed E-state index contributed by atoms with van der Waals surface area (Å²) in [5.74, 6) is 1.10. The molecule has 1 amide bonds. The summed E-state index contributed by atoms with van der Waals surface area (Å²) in [5, 5.41) is 8.14. The third-order valence-corrected chi connectivity index (χ3v) is 4.52. The van der Waals surface area contributed by atoms with Gasteiger partial charge < -0.3 is 24.3 Å². The Labute approximate surface area is 154 Å². The summed E-state index contributed by atoms with van der Waals surface area (Å²) in [4.78, 5) is 15.1. The largest absolute Gasteiger partial charge is 0.484 e. The molecule has 0 saturated carbocycles. The molecule has 0 radical (unpaired) electrons. The average molecular weight is 376 g/mol. The maximum atomic E-state index is 11.8. The van der Waals surface area contributed by atoms with Crippen molar-refractivity contribution in [3.63, 3.8) is 0 Å². The standard InChI is InChI=1S/C18H18ClN3O4/c1-10-4-13(26-22-10)9-25-17-7-15-11(6-14(17)19)5-12(21-15)8-20-18(23)16-2-3-24-16/h4-7,16,21H,2-3,8-9H2,1H3,(H,20,23)/t16-/m0/s1. The zero-order valence-electron chi connectivity index (χ0n) is 14.2. The lowest BCUT2D eigenvalue weighted by atomic mass is 10.2. The number of carbonyl (C=O) groups is 1. The van der Waals surface area contributed by atoms with Crippen LogP contribution in [0.2, 0.25) is 5.02 Å². The quantitative estimate of drug-likeness (QED) is 0.691. The van der Waals surface area contributed by atoms with Gasteiger partial charge in [-0.15, -0.1) is 0 Å². The fraction of sp³-hybridized carbons (Fsp3) is 0.333. The molecule has 3 aromatic rings. The molecule has 1 fully saturated rings. The van der Waals surface area contributed by atoms with Crippen molar-refractivity contribution in [2.24, 2.45) is 0 Å². The zero-order valence-corrected chi connectivity index (χ0v) is 14.9. The molecule has 0 bridgehead atoms. The molecule has 1 aliphatic heterocycles. The SMILES string of the molecule is Cc1cc(COc2cc3[nH]c(CNC(=O)[C@@H]4CCO4)cc3cc2Cl)on1. The predicted molar refractivity (Wildman–Crippen MR) is 95.1 cm³/mol. The maximum absolute atomic E-state index is 11.8. The molecule has 26 heavy (non-hydrogen) atoms. The van der Waals surface area contributed by atoms with Crippen molar-refractivity contribution < 1.29 is 18.8 Å². The molecule has 0 unspecified atom stereocenters. The molecule has 1 aromatic carbocycles. The van der Waals surface area contributed by atoms with Crippen LogP contribution in [0.1, 0.15) is 23.6 Å². The van der Waals surface area contributed by atoms with Crippen molar-refractivity contribution in [3.8, 4) is 5.75 Å². The molecule has 0 spiro atoms. The number of ether oxygens (including phenoxy) is 2. The van der Waals surface area contributed by atoms with Crippen LogP contribution in [0.5, 0.6) is 5.75 Å². The molecule has 1 aliphatic rings. The second-order valence-corrected chi connectivity index (χ2v) is 6.66. The highest BCUT2D eigenvalue weighted by Gasteiger charge is 2.25. The van der Waals surface area contributed by atoms with E-state index in [-0.39, 0.29) is 18.6 Å². The van der Waals surface area contributed by atoms with Crippen LogP contribution in [-0.4, -0.2) is 28.8 Å². The highest BCUT2D eigenvalue weighted by molar-refractivity contribution is 6.32. The number of hydrogen-bond acceptors (Lipinski definition) is 5. The Morgan fingerprint density at radius 2 is 2.27 bits per heavy atom. The number of aryl methyl sites for hydroxylation is 1. The molecule has 2 N–H and O–H groups in total. The second-order valence-electron chi connectivity index (χ2n) is 6.25. The van der Waals surface area contributed by atoms with Crippen molar-refractivity contribution >= 4 is 28.4 Å². The van der Waals surface area contributed by atoms with E-state index in [0.29, 0.717) is 29.7 Å². The van der Waals surface area contributed by atoms with Crippen molar-refractivity contribution in [1.82, 2.24) is 15.5 Å². The van der Waals surface area contributed by atoms with Crippen LogP contribution >= 0.6 is 11.6 Å². The molecule has 0 aliphatic carbocycles. The summed E-state index contributed by atoms with van der Waals surface area (Å²) in [6.45, 7) is 3.15. The fourth-order valence-electron chi connectivity index (χ4n) is 2.77. The number of amides is 1. The third kappa shape index (κ3) is 3.54. The number of nitrogens with one attached hydrogen (secondary N) is 2. The first-order valence-corrected chi connectivity index (χ1v) is 8.72. The van der Waals surface area contributed by atoms with Gasteiger partial charge in [0.15, 0.2) is 5.76 Å². The van der Waals surface area contributed by atoms with Gasteiger partial charge in [0.1, 0.15) is 18.5 Å². The van der Waals surface area contributed by atoms with E-state index in [0.717, 1.165) is 28.7 Å². The van der Waals surface area contributed by atoms with E-state index in [4.69, 9.17) is 25.6 Å². The maximum Gasteiger partial charge on any atom is 0.249 e. The van der Waals surface area contributed by atoms with Gasteiger partial charge in [0.25, 0.3) is 0 Å². The molecule has 8 heteroatoms. The van der Waals surface area contributed by atoms with Gasteiger partial charge in [-0.1, -0.05) is 16.8 Å². The van der Waals surface area contributed by atoms with E-state index >= 15 is 0 Å². The van der Waals surface area contributed by atoms with Crippen molar-refractivity contribution in [3.05, 3.63) is 46.4 Å². The van der Waals surface area contributed by atoms with Crippen LogP contribution in [0, 0.1) is 6.92 Å². The molecule has 1 saturated heterocycles. The Bertz CT molecular complexity index is 945. The number of carbonyl (C=O) groups excluding carboxylic acids is 1. The van der Waals surface area contributed by atoms with Gasteiger partial charge in [0, 0.05) is 35.2 Å². The minimum Gasteiger partial charge on any atom is -0.484 e. The lowest BCUT2D eigenvalue weighted by Gasteiger charge is -2.24. The molecule has 3 heterocycles. The Morgan fingerprint density at radius 1 is 1.42 bits per heavy atom. The topological polar surface area (TPSA) is 89.4 Å². The Kier molecular flexibility index (Phi) is 4.57. The third-order valence-electron chi connectivity index (χ3n) is 4.22. The lowest BCUT2D eigenvalue weighted by Crippen LogP contribution is -2.42. The fourth-order valence-corrected chi connectivity index (χ4v) is 3.00. The van der Waals surface area contributed by atoms with Crippen LogP contribution < -0.4 is 10.1 Å². The van der Waals surface area contributed by atoms with Crippen molar-refractivity contribution in [2.45, 2.75) is 32.6 Å². The second kappa shape index (κ2) is 7.01. The first-order valence-electron chi connectivity index (χ1n) is 8.34. The van der Waals surface area contributed by atoms with E-state index < -0.39 is 0 Å². The van der Waals surface area contributed by atoms with Crippen molar-refractivity contribution in [2.75, 3.05) is 6.61 Å². The lowest BCUT2D eigenvalue weighted by molar-refractivity contribution is -0.145. The summed E-state index contributed by atoms with van der Waals surface area (Å²) >= 11 is 6.31. The first-order chi connectivity index (χ1) is 12.6. The Balaban J connectivity index is 1.44. The van der Waals surface area contributed by atoms with E-state index in [1.807, 2.05) is 31.2 Å². The number of rotatable bonds is 6. The molecule has 136 valence electrons. The summed E-state index contributed by atoms with van der Waals surface area (Å²) < 4.78 is 16.0. The van der Waals surface area contributed by atoms with Crippen LogP contribution in [0.4, 0.5) is 0 Å². The molecule has 4 rings (SSSR count). The molecular weight excluding hydrogens is 358 g/mol. The Morgan fingerprint density at radius 3 is 2.96 bits per heavy atom. The normalized spacial score (nSPS) is 16.5. The molecule has 2 aromatic heterocycles. The summed E-state index contributed by atoms with van der Waals surface area (Å²) in [5.41, 5.74) is 2.56. The number of halogens is 1. The number of aromatic nitrogens is 2. The molecular formula is C18H18ClN3O4. The monoisotopic (exact) mass is 375 g/mol. The molecule has 7 nitrogen and oxygen atoms in total. The van der Waals surface area contributed by atoms with E-state index in [1.54, 1.807) is 0 Å². The zero-order chi connectivity index (χ0) is 18.1. The number of H-pyrrole nitrogens is 1. The van der Waals surface area contributed by atoms with Crippen LogP contribution in [0.15, 0.2) is 28.8 Å². The highest BCUT2D eigenvalue weighted by atomic mass is 35.5. The predicted octanol–water partition coefficient (Wildman–Crippen LogP) is 3.10. The van der Waals surface area contributed by atoms with Crippen LogP contribution in [0.3, 0.4) is 0 Å². The number of fused-ring (bicyclic) bond motifs is 1. The number of benzene rings is 1. The summed E-state index contributed by atoms with van der Waals surface area (Å²) in [6, 6.07) is 7.43. The minimum atomic E-state index is -0.312. The van der Waals surface area contributed by atoms with Gasteiger partial charge in [0.05, 0.1) is 23.9 Å². The van der Waals surface area contributed by atoms with E-state index in [2.05, 4.69) is 15.5 Å². The summed E-state index contributed by atoms with van der Waals surface area (Å²) in [7, 11) is 0. The van der Waals surface area contributed by atoms with Crippen molar-refractivity contribution in [1.29, 1.82) is 0 Å².